The van der Waals surface area contributed by atoms with Crippen LogP contribution in [0.5, 0.6) is 0 Å². The Kier molecular flexibility index (Phi) is 6.46. The molecule has 2 rings (SSSR count). The minimum absolute atomic E-state index is 0.120. The maximum Gasteiger partial charge on any atom is 0.339 e. The lowest BCUT2D eigenvalue weighted by molar-refractivity contribution is -0.115. The lowest BCUT2D eigenvalue weighted by atomic mass is 10.1. The summed E-state index contributed by atoms with van der Waals surface area (Å²) in [6.07, 6.45) is 1.33. The smallest absolute Gasteiger partial charge is 0.339 e. The van der Waals surface area contributed by atoms with Gasteiger partial charge in [-0.05, 0) is 36.4 Å². The van der Waals surface area contributed by atoms with Crippen molar-refractivity contribution in [1.82, 2.24) is 0 Å². The van der Waals surface area contributed by atoms with E-state index in [2.05, 4.69) is 5.32 Å². The molecule has 0 aromatic heterocycles. The molecule has 2 aromatic rings. The quantitative estimate of drug-likeness (QED) is 0.576. The van der Waals surface area contributed by atoms with E-state index in [0.717, 1.165) is 6.26 Å². The third-order valence-corrected chi connectivity index (χ3v) is 4.81. The van der Waals surface area contributed by atoms with Crippen LogP contribution in [0, 0.1) is 0 Å². The van der Waals surface area contributed by atoms with Crippen LogP contribution in [0.3, 0.4) is 0 Å². The first kappa shape index (κ1) is 20.3. The topological polar surface area (TPSA) is 107 Å². The fourth-order valence-corrected chi connectivity index (χ4v) is 3.12. The highest BCUT2D eigenvalue weighted by atomic mass is 32.2. The molecule has 0 saturated heterocycles. The Labute approximate surface area is 157 Å². The normalized spacial score (nSPS) is 10.9. The minimum atomic E-state index is -3.61. The number of anilines is 1. The van der Waals surface area contributed by atoms with E-state index in [1.54, 1.807) is 19.1 Å². The van der Waals surface area contributed by atoms with E-state index in [1.165, 1.54) is 36.4 Å². The van der Waals surface area contributed by atoms with Crippen LogP contribution in [0.1, 0.15) is 34.1 Å². The standard InChI is InChI=1S/C19H19NO6S/c1-3-18(22)20-14-10-8-13(9-11-14)16(21)12-26-19(23)15-6-4-5-7-17(15)27(2,24)25/h4-11H,3,12H2,1-2H3,(H,20,22). The number of hydrogen-bond acceptors (Lipinski definition) is 6. The van der Waals surface area contributed by atoms with Gasteiger partial charge < -0.3 is 10.1 Å². The van der Waals surface area contributed by atoms with Gasteiger partial charge in [0.05, 0.1) is 10.5 Å². The first-order valence-electron chi connectivity index (χ1n) is 8.11. The summed E-state index contributed by atoms with van der Waals surface area (Å²) in [7, 11) is -3.61. The summed E-state index contributed by atoms with van der Waals surface area (Å²) in [5.74, 6) is -1.49. The number of amides is 1. The molecule has 0 aliphatic heterocycles. The SMILES string of the molecule is CCC(=O)Nc1ccc(C(=O)COC(=O)c2ccccc2S(C)(=O)=O)cc1. The van der Waals surface area contributed by atoms with Crippen LogP contribution in [0.25, 0.3) is 0 Å². The number of ketones is 1. The Morgan fingerprint density at radius 3 is 2.22 bits per heavy atom. The van der Waals surface area contributed by atoms with Crippen molar-refractivity contribution in [2.24, 2.45) is 0 Å². The van der Waals surface area contributed by atoms with Crippen molar-refractivity contribution in [2.75, 3.05) is 18.2 Å². The Hall–Kier alpha value is -3.00. The van der Waals surface area contributed by atoms with Crippen LogP contribution in [-0.2, 0) is 19.4 Å². The monoisotopic (exact) mass is 389 g/mol. The van der Waals surface area contributed by atoms with E-state index in [-0.39, 0.29) is 16.4 Å². The molecule has 0 heterocycles. The first-order valence-corrected chi connectivity index (χ1v) is 10.0. The van der Waals surface area contributed by atoms with Gasteiger partial charge in [-0.3, -0.25) is 9.59 Å². The van der Waals surface area contributed by atoms with E-state index >= 15 is 0 Å². The zero-order valence-electron chi connectivity index (χ0n) is 14.9. The molecule has 0 fully saturated rings. The molecule has 1 N–H and O–H groups in total. The summed E-state index contributed by atoms with van der Waals surface area (Å²) in [6.45, 7) is 1.20. The number of sulfone groups is 1. The average Bonchev–Trinajstić information content (AvgIpc) is 2.65. The van der Waals surface area contributed by atoms with Crippen molar-refractivity contribution in [1.29, 1.82) is 0 Å². The van der Waals surface area contributed by atoms with Crippen LogP contribution >= 0.6 is 0 Å². The second-order valence-corrected chi connectivity index (χ2v) is 7.73. The van der Waals surface area contributed by atoms with Gasteiger partial charge in [-0.25, -0.2) is 13.2 Å². The molecule has 0 aliphatic carbocycles. The average molecular weight is 389 g/mol. The molecule has 0 aliphatic rings. The number of esters is 1. The van der Waals surface area contributed by atoms with Gasteiger partial charge in [0.25, 0.3) is 0 Å². The fraction of sp³-hybridized carbons (Fsp3) is 0.211. The van der Waals surface area contributed by atoms with Crippen LogP contribution in [0.2, 0.25) is 0 Å². The molecule has 0 radical (unpaired) electrons. The molecule has 8 heteroatoms. The second kappa shape index (κ2) is 8.59. The molecule has 0 spiro atoms. The number of nitrogens with one attached hydrogen (secondary N) is 1. The van der Waals surface area contributed by atoms with Crippen LogP contribution in [0.15, 0.2) is 53.4 Å². The number of benzene rings is 2. The molecule has 0 bridgehead atoms. The predicted molar refractivity (Wildman–Crippen MR) is 99.5 cm³/mol. The molecule has 1 amide bonds. The Balaban J connectivity index is 2.04. The summed E-state index contributed by atoms with van der Waals surface area (Å²) >= 11 is 0. The molecule has 27 heavy (non-hydrogen) atoms. The minimum Gasteiger partial charge on any atom is -0.454 e. The second-order valence-electron chi connectivity index (χ2n) is 5.75. The van der Waals surface area contributed by atoms with Crippen molar-refractivity contribution < 1.29 is 27.5 Å². The predicted octanol–water partition coefficient (Wildman–Crippen LogP) is 2.48. The number of carbonyl (C=O) groups is 3. The highest BCUT2D eigenvalue weighted by molar-refractivity contribution is 7.90. The summed E-state index contributed by atoms with van der Waals surface area (Å²) in [6, 6.07) is 11.8. The summed E-state index contributed by atoms with van der Waals surface area (Å²) in [4.78, 5) is 35.5. The van der Waals surface area contributed by atoms with Crippen LogP contribution in [0.4, 0.5) is 5.69 Å². The van der Waals surface area contributed by atoms with Gasteiger partial charge in [0.2, 0.25) is 5.91 Å². The van der Waals surface area contributed by atoms with Crippen molar-refractivity contribution in [3.05, 3.63) is 59.7 Å². The zero-order valence-corrected chi connectivity index (χ0v) is 15.7. The van der Waals surface area contributed by atoms with Gasteiger partial charge in [0.15, 0.2) is 22.2 Å². The van der Waals surface area contributed by atoms with E-state index < -0.39 is 28.2 Å². The first-order chi connectivity index (χ1) is 12.7. The van der Waals surface area contributed by atoms with E-state index in [9.17, 15) is 22.8 Å². The number of Topliss-reactive ketones (excluding diaryl/α,β-unsaturated/α-hetero) is 1. The summed E-state index contributed by atoms with van der Waals surface area (Å²) in [5.41, 5.74) is 0.733. The van der Waals surface area contributed by atoms with Crippen molar-refractivity contribution in [2.45, 2.75) is 18.2 Å². The molecular formula is C19H19NO6S. The maximum absolute atomic E-state index is 12.2. The highest BCUT2D eigenvalue weighted by Gasteiger charge is 2.20. The Morgan fingerprint density at radius 1 is 1.00 bits per heavy atom. The largest absolute Gasteiger partial charge is 0.454 e. The third kappa shape index (κ3) is 5.49. The summed E-state index contributed by atoms with van der Waals surface area (Å²) in [5, 5.41) is 2.66. The molecular weight excluding hydrogens is 370 g/mol. The van der Waals surface area contributed by atoms with Gasteiger partial charge in [-0.1, -0.05) is 19.1 Å². The van der Waals surface area contributed by atoms with Crippen molar-refractivity contribution >= 4 is 33.2 Å². The Morgan fingerprint density at radius 2 is 1.63 bits per heavy atom. The zero-order chi connectivity index (χ0) is 20.0. The van der Waals surface area contributed by atoms with E-state index in [0.29, 0.717) is 17.7 Å². The van der Waals surface area contributed by atoms with E-state index in [4.69, 9.17) is 4.74 Å². The van der Waals surface area contributed by atoms with Crippen molar-refractivity contribution in [3.63, 3.8) is 0 Å². The van der Waals surface area contributed by atoms with Gasteiger partial charge in [-0.2, -0.15) is 0 Å². The molecule has 0 unspecified atom stereocenters. The number of carbonyl (C=O) groups excluding carboxylic acids is 3. The molecule has 2 aromatic carbocycles. The van der Waals surface area contributed by atoms with Gasteiger partial charge >= 0.3 is 5.97 Å². The molecule has 142 valence electrons. The molecule has 7 nitrogen and oxygen atoms in total. The number of rotatable bonds is 7. The number of hydrogen-bond donors (Lipinski definition) is 1. The Bertz CT molecular complexity index is 964. The molecule has 0 saturated carbocycles. The lowest BCUT2D eigenvalue weighted by Crippen LogP contribution is -2.16. The lowest BCUT2D eigenvalue weighted by Gasteiger charge is -2.08. The molecule has 0 atom stereocenters. The van der Waals surface area contributed by atoms with Crippen LogP contribution < -0.4 is 5.32 Å². The highest BCUT2D eigenvalue weighted by Crippen LogP contribution is 2.17. The maximum atomic E-state index is 12.2. The number of ether oxygens (including phenoxy) is 1. The third-order valence-electron chi connectivity index (χ3n) is 3.65. The van der Waals surface area contributed by atoms with Gasteiger partial charge in [-0.15, -0.1) is 0 Å². The van der Waals surface area contributed by atoms with E-state index in [1.807, 2.05) is 0 Å². The van der Waals surface area contributed by atoms with Gasteiger partial charge in [0, 0.05) is 23.9 Å². The summed E-state index contributed by atoms with van der Waals surface area (Å²) < 4.78 is 28.5. The van der Waals surface area contributed by atoms with Gasteiger partial charge in [0.1, 0.15) is 0 Å². The fourth-order valence-electron chi connectivity index (χ4n) is 2.24. The van der Waals surface area contributed by atoms with Crippen LogP contribution in [-0.4, -0.2) is 38.9 Å². The van der Waals surface area contributed by atoms with Crippen molar-refractivity contribution in [3.8, 4) is 0 Å².